The van der Waals surface area contributed by atoms with E-state index in [9.17, 15) is 0 Å². The van der Waals surface area contributed by atoms with Gasteiger partial charge in [0, 0.05) is 44.9 Å². The molecule has 0 bridgehead atoms. The van der Waals surface area contributed by atoms with Gasteiger partial charge in [0.1, 0.15) is 0 Å². The molecule has 106 valence electrons. The molecule has 4 nitrogen and oxygen atoms in total. The summed E-state index contributed by atoms with van der Waals surface area (Å²) in [6, 6.07) is 0. The van der Waals surface area contributed by atoms with Crippen LogP contribution >= 0.6 is 0 Å². The zero-order valence-electron chi connectivity index (χ0n) is 12.0. The van der Waals surface area contributed by atoms with Gasteiger partial charge in [-0.15, -0.1) is 0 Å². The number of hydrogen-bond donors (Lipinski definition) is 1. The third-order valence-electron chi connectivity index (χ3n) is 4.60. The van der Waals surface area contributed by atoms with E-state index < -0.39 is 0 Å². The summed E-state index contributed by atoms with van der Waals surface area (Å²) in [4.78, 5) is 5.21. The molecule has 0 amide bonds. The van der Waals surface area contributed by atoms with E-state index in [0.29, 0.717) is 6.10 Å². The lowest BCUT2D eigenvalue weighted by molar-refractivity contribution is -0.0752. The average Bonchev–Trinajstić information content (AvgIpc) is 2.40. The molecule has 2 N–H and O–H groups in total. The maximum atomic E-state index is 6.11. The number of nitrogens with zero attached hydrogens (tertiary/aromatic N) is 2. The van der Waals surface area contributed by atoms with Crippen LogP contribution in [-0.4, -0.2) is 67.3 Å². The summed E-state index contributed by atoms with van der Waals surface area (Å²) in [5, 5.41) is 0. The maximum Gasteiger partial charge on any atom is 0.0565 e. The van der Waals surface area contributed by atoms with Crippen molar-refractivity contribution < 1.29 is 4.74 Å². The summed E-state index contributed by atoms with van der Waals surface area (Å²) >= 11 is 0. The van der Waals surface area contributed by atoms with Crippen LogP contribution < -0.4 is 5.73 Å². The van der Waals surface area contributed by atoms with E-state index in [1.807, 2.05) is 0 Å². The Morgan fingerprint density at radius 2 is 2.00 bits per heavy atom. The van der Waals surface area contributed by atoms with Crippen molar-refractivity contribution in [2.24, 2.45) is 5.73 Å². The zero-order valence-corrected chi connectivity index (χ0v) is 12.0. The minimum absolute atomic E-state index is 0.204. The lowest BCUT2D eigenvalue weighted by atomic mass is 9.84. The fourth-order valence-electron chi connectivity index (χ4n) is 3.51. The standard InChI is InChI=1S/C14H29N3O/c1-3-5-16-6-8-17(9-7-16)14(12-15)4-10-18-13(2)11-14/h13H,3-12,15H2,1-2H3. The molecule has 2 fully saturated rings. The van der Waals surface area contributed by atoms with Crippen LogP contribution in [0.2, 0.25) is 0 Å². The second kappa shape index (κ2) is 6.33. The molecule has 0 aromatic rings. The second-order valence-corrected chi connectivity index (χ2v) is 5.89. The van der Waals surface area contributed by atoms with Crippen LogP contribution in [0.4, 0.5) is 0 Å². The lowest BCUT2D eigenvalue weighted by Gasteiger charge is -2.50. The molecule has 0 saturated carbocycles. The monoisotopic (exact) mass is 255 g/mol. The SMILES string of the molecule is CCCN1CCN(C2(CN)CCOC(C)C2)CC1. The van der Waals surface area contributed by atoms with Crippen LogP contribution in [0.25, 0.3) is 0 Å². The molecule has 2 heterocycles. The molecular formula is C14H29N3O. The first-order valence-corrected chi connectivity index (χ1v) is 7.49. The van der Waals surface area contributed by atoms with Gasteiger partial charge in [-0.25, -0.2) is 0 Å². The fourth-order valence-corrected chi connectivity index (χ4v) is 3.51. The van der Waals surface area contributed by atoms with E-state index in [1.165, 1.54) is 39.1 Å². The van der Waals surface area contributed by atoms with Gasteiger partial charge in [-0.05, 0) is 32.7 Å². The minimum Gasteiger partial charge on any atom is -0.378 e. The van der Waals surface area contributed by atoms with Crippen molar-refractivity contribution in [3.8, 4) is 0 Å². The normalized spacial score (nSPS) is 35.8. The Balaban J connectivity index is 1.93. The quantitative estimate of drug-likeness (QED) is 0.811. The van der Waals surface area contributed by atoms with Crippen LogP contribution in [0.3, 0.4) is 0 Å². The number of ether oxygens (including phenoxy) is 1. The van der Waals surface area contributed by atoms with Crippen molar-refractivity contribution in [3.63, 3.8) is 0 Å². The van der Waals surface area contributed by atoms with Crippen molar-refractivity contribution >= 4 is 0 Å². The number of hydrogen-bond acceptors (Lipinski definition) is 4. The van der Waals surface area contributed by atoms with Gasteiger partial charge in [-0.1, -0.05) is 6.92 Å². The second-order valence-electron chi connectivity index (χ2n) is 5.89. The molecule has 2 aliphatic rings. The lowest BCUT2D eigenvalue weighted by Crippen LogP contribution is -2.63. The number of piperazine rings is 1. The maximum absolute atomic E-state index is 6.11. The van der Waals surface area contributed by atoms with Crippen molar-refractivity contribution in [2.75, 3.05) is 45.9 Å². The van der Waals surface area contributed by atoms with Crippen LogP contribution in [-0.2, 0) is 4.74 Å². The van der Waals surface area contributed by atoms with E-state index in [1.54, 1.807) is 0 Å². The zero-order chi connectivity index (χ0) is 13.0. The van der Waals surface area contributed by atoms with Crippen LogP contribution in [0.5, 0.6) is 0 Å². The smallest absolute Gasteiger partial charge is 0.0565 e. The van der Waals surface area contributed by atoms with Gasteiger partial charge in [0.15, 0.2) is 0 Å². The van der Waals surface area contributed by atoms with E-state index in [0.717, 1.165) is 26.0 Å². The summed E-state index contributed by atoms with van der Waals surface area (Å²) < 4.78 is 5.69. The molecule has 2 saturated heterocycles. The summed E-state index contributed by atoms with van der Waals surface area (Å²) in [7, 11) is 0. The predicted octanol–water partition coefficient (Wildman–Crippen LogP) is 0.910. The third kappa shape index (κ3) is 3.05. The Bertz CT molecular complexity index is 253. The first kappa shape index (κ1) is 14.3. The van der Waals surface area contributed by atoms with Gasteiger partial charge in [-0.3, -0.25) is 4.90 Å². The fraction of sp³-hybridized carbons (Fsp3) is 1.00. The van der Waals surface area contributed by atoms with E-state index >= 15 is 0 Å². The Morgan fingerprint density at radius 1 is 1.28 bits per heavy atom. The highest BCUT2D eigenvalue weighted by Crippen LogP contribution is 2.31. The largest absolute Gasteiger partial charge is 0.378 e. The molecule has 2 atom stereocenters. The Morgan fingerprint density at radius 3 is 2.56 bits per heavy atom. The highest BCUT2D eigenvalue weighted by molar-refractivity contribution is 4.97. The molecule has 18 heavy (non-hydrogen) atoms. The molecule has 2 unspecified atom stereocenters. The van der Waals surface area contributed by atoms with Crippen LogP contribution in [0.15, 0.2) is 0 Å². The van der Waals surface area contributed by atoms with E-state index in [4.69, 9.17) is 10.5 Å². The van der Waals surface area contributed by atoms with Gasteiger partial charge in [0.25, 0.3) is 0 Å². The third-order valence-corrected chi connectivity index (χ3v) is 4.60. The molecular weight excluding hydrogens is 226 g/mol. The average molecular weight is 255 g/mol. The van der Waals surface area contributed by atoms with E-state index in [-0.39, 0.29) is 5.54 Å². The van der Waals surface area contributed by atoms with Crippen molar-refractivity contribution in [2.45, 2.75) is 44.8 Å². The van der Waals surface area contributed by atoms with Crippen LogP contribution in [0.1, 0.15) is 33.1 Å². The molecule has 0 aromatic heterocycles. The number of nitrogens with two attached hydrogens (primary N) is 1. The molecule has 0 spiro atoms. The summed E-state index contributed by atoms with van der Waals surface area (Å²) in [5.74, 6) is 0. The van der Waals surface area contributed by atoms with Crippen molar-refractivity contribution in [1.82, 2.24) is 9.80 Å². The Kier molecular flexibility index (Phi) is 5.01. The predicted molar refractivity (Wildman–Crippen MR) is 74.7 cm³/mol. The summed E-state index contributed by atoms with van der Waals surface area (Å²) in [6.45, 7) is 12.1. The Hall–Kier alpha value is -0.160. The minimum atomic E-state index is 0.204. The Labute approximate surface area is 111 Å². The summed E-state index contributed by atoms with van der Waals surface area (Å²) in [6.07, 6.45) is 3.81. The highest BCUT2D eigenvalue weighted by Gasteiger charge is 2.40. The molecule has 0 aliphatic carbocycles. The van der Waals surface area contributed by atoms with Crippen molar-refractivity contribution in [1.29, 1.82) is 0 Å². The molecule has 2 aliphatic heterocycles. The number of rotatable bonds is 4. The van der Waals surface area contributed by atoms with E-state index in [2.05, 4.69) is 23.6 Å². The van der Waals surface area contributed by atoms with Gasteiger partial charge in [0.05, 0.1) is 6.10 Å². The molecule has 4 heteroatoms. The molecule has 2 rings (SSSR count). The first-order chi connectivity index (χ1) is 8.70. The van der Waals surface area contributed by atoms with Gasteiger partial charge in [-0.2, -0.15) is 0 Å². The molecule has 0 radical (unpaired) electrons. The van der Waals surface area contributed by atoms with Crippen molar-refractivity contribution in [3.05, 3.63) is 0 Å². The van der Waals surface area contributed by atoms with Gasteiger partial charge < -0.3 is 15.4 Å². The van der Waals surface area contributed by atoms with Gasteiger partial charge in [0.2, 0.25) is 0 Å². The topological polar surface area (TPSA) is 41.7 Å². The van der Waals surface area contributed by atoms with Crippen LogP contribution in [0, 0.1) is 0 Å². The first-order valence-electron chi connectivity index (χ1n) is 7.49. The highest BCUT2D eigenvalue weighted by atomic mass is 16.5. The molecule has 0 aromatic carbocycles. The summed E-state index contributed by atoms with van der Waals surface area (Å²) in [5.41, 5.74) is 6.32. The van der Waals surface area contributed by atoms with Gasteiger partial charge >= 0.3 is 0 Å².